The Labute approximate surface area is 173 Å². The Morgan fingerprint density at radius 1 is 1.07 bits per heavy atom. The Morgan fingerprint density at radius 3 is 2.55 bits per heavy atom. The minimum atomic E-state index is -0.504. The minimum absolute atomic E-state index is 0.266. The van der Waals surface area contributed by atoms with Crippen molar-refractivity contribution >= 4 is 0 Å². The standard InChI is InChI=1S/C23H34N2O4/c1-18-7-9-21(29-18)15-24-14-19-8-10-22(23(13-19)27-2)28-17-20(26)16-25-11-5-3-4-6-12-25/h7-10,13,20,24,26H,3-6,11-12,14-17H2,1-2H3. The summed E-state index contributed by atoms with van der Waals surface area (Å²) in [6.45, 7) is 6.39. The summed E-state index contributed by atoms with van der Waals surface area (Å²) in [7, 11) is 1.64. The predicted molar refractivity (Wildman–Crippen MR) is 113 cm³/mol. The number of ether oxygens (including phenoxy) is 2. The molecule has 1 unspecified atom stereocenters. The van der Waals surface area contributed by atoms with Gasteiger partial charge in [-0.25, -0.2) is 0 Å². The fourth-order valence-corrected chi connectivity index (χ4v) is 3.71. The van der Waals surface area contributed by atoms with Crippen molar-refractivity contribution in [2.45, 2.75) is 51.8 Å². The molecule has 0 amide bonds. The van der Waals surface area contributed by atoms with Gasteiger partial charge in [-0.3, -0.25) is 0 Å². The van der Waals surface area contributed by atoms with E-state index in [9.17, 15) is 5.11 Å². The number of nitrogens with one attached hydrogen (secondary N) is 1. The van der Waals surface area contributed by atoms with Crippen molar-refractivity contribution in [2.75, 3.05) is 33.4 Å². The average Bonchev–Trinajstić information content (AvgIpc) is 2.97. The molecule has 1 fully saturated rings. The van der Waals surface area contributed by atoms with Gasteiger partial charge in [0.25, 0.3) is 0 Å². The van der Waals surface area contributed by atoms with E-state index in [1.165, 1.54) is 25.7 Å². The molecule has 0 spiro atoms. The van der Waals surface area contributed by atoms with Gasteiger partial charge in [0.1, 0.15) is 24.2 Å². The van der Waals surface area contributed by atoms with Crippen LogP contribution in [0.15, 0.2) is 34.7 Å². The second-order valence-corrected chi connectivity index (χ2v) is 7.78. The first-order valence-electron chi connectivity index (χ1n) is 10.6. The van der Waals surface area contributed by atoms with Gasteiger partial charge in [-0.15, -0.1) is 0 Å². The van der Waals surface area contributed by atoms with Gasteiger partial charge in [-0.2, -0.15) is 0 Å². The number of rotatable bonds is 10. The molecule has 1 saturated heterocycles. The third-order valence-corrected chi connectivity index (χ3v) is 5.25. The smallest absolute Gasteiger partial charge is 0.161 e. The van der Waals surface area contributed by atoms with E-state index in [2.05, 4.69) is 10.2 Å². The van der Waals surface area contributed by atoms with Crippen LogP contribution in [0.4, 0.5) is 0 Å². The van der Waals surface area contributed by atoms with Crippen molar-refractivity contribution in [3.8, 4) is 11.5 Å². The highest BCUT2D eigenvalue weighted by atomic mass is 16.5. The highest BCUT2D eigenvalue weighted by molar-refractivity contribution is 5.43. The van der Waals surface area contributed by atoms with Crippen LogP contribution in [0.25, 0.3) is 0 Å². The largest absolute Gasteiger partial charge is 0.493 e. The fraction of sp³-hybridized carbons (Fsp3) is 0.565. The Hall–Kier alpha value is -2.02. The highest BCUT2D eigenvalue weighted by Gasteiger charge is 2.15. The number of aliphatic hydroxyl groups excluding tert-OH is 1. The van der Waals surface area contributed by atoms with Crippen LogP contribution >= 0.6 is 0 Å². The van der Waals surface area contributed by atoms with Gasteiger partial charge < -0.3 is 29.2 Å². The second kappa shape index (κ2) is 11.2. The molecular weight excluding hydrogens is 368 g/mol. The molecule has 1 aliphatic heterocycles. The van der Waals surface area contributed by atoms with E-state index < -0.39 is 6.10 Å². The summed E-state index contributed by atoms with van der Waals surface area (Å²) >= 11 is 0. The van der Waals surface area contributed by atoms with Crippen LogP contribution < -0.4 is 14.8 Å². The molecule has 0 saturated carbocycles. The first-order chi connectivity index (χ1) is 14.1. The summed E-state index contributed by atoms with van der Waals surface area (Å²) in [5, 5.41) is 13.7. The number of nitrogens with zero attached hydrogens (tertiary/aromatic N) is 1. The molecule has 2 N–H and O–H groups in total. The van der Waals surface area contributed by atoms with Crippen molar-refractivity contribution in [1.29, 1.82) is 0 Å². The monoisotopic (exact) mass is 402 g/mol. The summed E-state index contributed by atoms with van der Waals surface area (Å²) < 4.78 is 16.9. The lowest BCUT2D eigenvalue weighted by molar-refractivity contribution is 0.0683. The first kappa shape index (κ1) is 21.7. The molecule has 3 rings (SSSR count). The zero-order valence-corrected chi connectivity index (χ0v) is 17.7. The van der Waals surface area contributed by atoms with E-state index in [-0.39, 0.29) is 6.61 Å². The van der Waals surface area contributed by atoms with Crippen LogP contribution in [-0.2, 0) is 13.1 Å². The van der Waals surface area contributed by atoms with Crippen LogP contribution in [0.2, 0.25) is 0 Å². The Kier molecular flexibility index (Phi) is 8.40. The van der Waals surface area contributed by atoms with Crippen molar-refractivity contribution in [1.82, 2.24) is 10.2 Å². The molecular formula is C23H34N2O4. The number of hydrogen-bond donors (Lipinski definition) is 2. The molecule has 160 valence electrons. The van der Waals surface area contributed by atoms with Crippen LogP contribution in [0.3, 0.4) is 0 Å². The van der Waals surface area contributed by atoms with Gasteiger partial charge in [0.2, 0.25) is 0 Å². The van der Waals surface area contributed by atoms with Crippen LogP contribution in [0.1, 0.15) is 42.8 Å². The summed E-state index contributed by atoms with van der Waals surface area (Å²) in [5.74, 6) is 3.18. The maximum Gasteiger partial charge on any atom is 0.161 e. The molecule has 2 aromatic rings. The number of aryl methyl sites for hydroxylation is 1. The lowest BCUT2D eigenvalue weighted by atomic mass is 10.2. The number of furan rings is 1. The lowest BCUT2D eigenvalue weighted by Crippen LogP contribution is -2.36. The summed E-state index contributed by atoms with van der Waals surface area (Å²) in [6, 6.07) is 9.84. The topological polar surface area (TPSA) is 67.1 Å². The second-order valence-electron chi connectivity index (χ2n) is 7.78. The van der Waals surface area contributed by atoms with Crippen molar-refractivity contribution in [3.63, 3.8) is 0 Å². The number of hydrogen-bond acceptors (Lipinski definition) is 6. The Bertz CT molecular complexity index is 738. The number of aliphatic hydroxyl groups is 1. The maximum absolute atomic E-state index is 10.4. The number of β-amino-alcohol motifs (C(OH)–C–C–N with tert-alkyl or cyclic N) is 1. The van der Waals surface area contributed by atoms with Gasteiger partial charge in [0, 0.05) is 13.1 Å². The Balaban J connectivity index is 1.46. The number of methoxy groups -OCH3 is 1. The molecule has 6 nitrogen and oxygen atoms in total. The normalized spacial score (nSPS) is 16.4. The molecule has 0 aliphatic carbocycles. The van der Waals surface area contributed by atoms with E-state index in [0.717, 1.165) is 30.2 Å². The predicted octanol–water partition coefficient (Wildman–Crippen LogP) is 3.50. The molecule has 0 radical (unpaired) electrons. The van der Waals surface area contributed by atoms with Crippen LogP contribution in [0.5, 0.6) is 11.5 Å². The quantitative estimate of drug-likeness (QED) is 0.634. The molecule has 1 aliphatic rings. The third kappa shape index (κ3) is 7.07. The van der Waals surface area contributed by atoms with Gasteiger partial charge >= 0.3 is 0 Å². The SMILES string of the molecule is COc1cc(CNCc2ccc(C)o2)ccc1OCC(O)CN1CCCCCC1. The van der Waals surface area contributed by atoms with Gasteiger partial charge in [0.05, 0.1) is 13.7 Å². The van der Waals surface area contributed by atoms with Crippen LogP contribution in [-0.4, -0.2) is 49.5 Å². The zero-order valence-electron chi connectivity index (χ0n) is 17.7. The highest BCUT2D eigenvalue weighted by Crippen LogP contribution is 2.28. The fourth-order valence-electron chi connectivity index (χ4n) is 3.71. The van der Waals surface area contributed by atoms with E-state index in [1.807, 2.05) is 37.3 Å². The van der Waals surface area contributed by atoms with Crippen molar-refractivity contribution < 1.29 is 19.0 Å². The van der Waals surface area contributed by atoms with E-state index in [1.54, 1.807) is 7.11 Å². The zero-order chi connectivity index (χ0) is 20.5. The average molecular weight is 403 g/mol. The van der Waals surface area contributed by atoms with Gasteiger partial charge in [-0.05, 0) is 62.7 Å². The van der Waals surface area contributed by atoms with Gasteiger partial charge in [0.15, 0.2) is 11.5 Å². The van der Waals surface area contributed by atoms with E-state index in [4.69, 9.17) is 13.9 Å². The number of benzene rings is 1. The molecule has 1 aromatic heterocycles. The summed E-state index contributed by atoms with van der Waals surface area (Å²) in [5.41, 5.74) is 1.10. The molecule has 0 bridgehead atoms. The van der Waals surface area contributed by atoms with Crippen LogP contribution in [0, 0.1) is 6.92 Å². The van der Waals surface area contributed by atoms with Gasteiger partial charge in [-0.1, -0.05) is 18.9 Å². The van der Waals surface area contributed by atoms with Crippen molar-refractivity contribution in [3.05, 3.63) is 47.4 Å². The Morgan fingerprint density at radius 2 is 1.86 bits per heavy atom. The summed E-state index contributed by atoms with van der Waals surface area (Å²) in [4.78, 5) is 2.34. The van der Waals surface area contributed by atoms with Crippen molar-refractivity contribution in [2.24, 2.45) is 0 Å². The lowest BCUT2D eigenvalue weighted by Gasteiger charge is -2.23. The number of likely N-dealkylation sites (tertiary alicyclic amines) is 1. The molecule has 1 aromatic carbocycles. The molecule has 1 atom stereocenters. The minimum Gasteiger partial charge on any atom is -0.493 e. The molecule has 6 heteroatoms. The van der Waals surface area contributed by atoms with E-state index >= 15 is 0 Å². The third-order valence-electron chi connectivity index (χ3n) is 5.25. The van der Waals surface area contributed by atoms with E-state index in [0.29, 0.717) is 31.1 Å². The first-order valence-corrected chi connectivity index (χ1v) is 10.6. The summed E-state index contributed by atoms with van der Waals surface area (Å²) in [6.07, 6.45) is 4.52. The maximum atomic E-state index is 10.4. The molecule has 2 heterocycles. The molecule has 29 heavy (non-hydrogen) atoms.